The van der Waals surface area contributed by atoms with Crippen molar-refractivity contribution in [2.45, 2.75) is 25.1 Å². The van der Waals surface area contributed by atoms with Crippen molar-refractivity contribution >= 4 is 6.21 Å². The molecule has 5 heteroatoms. The largest absolute Gasteiger partial charge is 0.413 e. The van der Waals surface area contributed by atoms with Crippen molar-refractivity contribution in [3.63, 3.8) is 0 Å². The molecule has 0 aliphatic carbocycles. The molecule has 1 unspecified atom stereocenters. The molecule has 0 amide bonds. The Balaban J connectivity index is 2.71. The molecule has 0 spiro atoms. The molecule has 0 aromatic heterocycles. The van der Waals surface area contributed by atoms with Crippen molar-refractivity contribution < 1.29 is 13.2 Å². The Morgan fingerprint density at radius 3 is 2.40 bits per heavy atom. The fourth-order valence-corrected chi connectivity index (χ4v) is 0.641. The summed E-state index contributed by atoms with van der Waals surface area (Å²) in [5.41, 5.74) is 0.177. The standard InChI is InChI=1S/C5H7F3N2/c1-4(5(6,7)8)2-3-9-10-4/h3,10H,2H2,1H3. The minimum absolute atomic E-state index is 0.0868. The first-order chi connectivity index (χ1) is 4.46. The van der Waals surface area contributed by atoms with Gasteiger partial charge in [0.05, 0.1) is 0 Å². The first kappa shape index (κ1) is 7.37. The molecule has 0 radical (unpaired) electrons. The average molecular weight is 152 g/mol. The molecule has 1 heterocycles. The molecule has 58 valence electrons. The van der Waals surface area contributed by atoms with Crippen molar-refractivity contribution in [2.24, 2.45) is 5.10 Å². The lowest BCUT2D eigenvalue weighted by atomic mass is 10.0. The van der Waals surface area contributed by atoms with Crippen LogP contribution in [0.5, 0.6) is 0 Å². The Morgan fingerprint density at radius 1 is 1.60 bits per heavy atom. The number of rotatable bonds is 0. The van der Waals surface area contributed by atoms with Gasteiger partial charge in [0.25, 0.3) is 0 Å². The number of halogens is 3. The van der Waals surface area contributed by atoms with Crippen LogP contribution in [-0.4, -0.2) is 17.9 Å². The Labute approximate surface area is 56.1 Å². The van der Waals surface area contributed by atoms with Crippen LogP contribution in [0.25, 0.3) is 0 Å². The highest BCUT2D eigenvalue weighted by atomic mass is 19.4. The van der Waals surface area contributed by atoms with Crippen LogP contribution in [0, 0.1) is 0 Å². The van der Waals surface area contributed by atoms with Gasteiger partial charge in [-0.05, 0) is 6.92 Å². The lowest BCUT2D eigenvalue weighted by Crippen LogP contribution is -2.49. The van der Waals surface area contributed by atoms with Crippen molar-refractivity contribution in [3.05, 3.63) is 0 Å². The molecule has 1 aliphatic heterocycles. The predicted octanol–water partition coefficient (Wildman–Crippen LogP) is 1.29. The van der Waals surface area contributed by atoms with Crippen LogP contribution in [0.4, 0.5) is 13.2 Å². The summed E-state index contributed by atoms with van der Waals surface area (Å²) in [6, 6.07) is 0. The van der Waals surface area contributed by atoms with Gasteiger partial charge in [0.15, 0.2) is 5.54 Å². The zero-order valence-corrected chi connectivity index (χ0v) is 5.37. The number of hydrogen-bond donors (Lipinski definition) is 1. The van der Waals surface area contributed by atoms with E-state index in [1.54, 1.807) is 0 Å². The number of hydrazone groups is 1. The van der Waals surface area contributed by atoms with Gasteiger partial charge in [0, 0.05) is 12.6 Å². The molecule has 0 aromatic rings. The molecular weight excluding hydrogens is 145 g/mol. The van der Waals surface area contributed by atoms with Crippen molar-refractivity contribution in [1.29, 1.82) is 0 Å². The summed E-state index contributed by atoms with van der Waals surface area (Å²) in [5.74, 6) is 0. The lowest BCUT2D eigenvalue weighted by molar-refractivity contribution is -0.186. The molecular formula is C5H7F3N2. The summed E-state index contributed by atoms with van der Waals surface area (Å²) in [5, 5.41) is 3.31. The van der Waals surface area contributed by atoms with E-state index in [-0.39, 0.29) is 6.42 Å². The summed E-state index contributed by atoms with van der Waals surface area (Å²) >= 11 is 0. The van der Waals surface area contributed by atoms with Crippen LogP contribution in [0.2, 0.25) is 0 Å². The van der Waals surface area contributed by atoms with Crippen LogP contribution in [0.3, 0.4) is 0 Å². The monoisotopic (exact) mass is 152 g/mol. The highest BCUT2D eigenvalue weighted by molar-refractivity contribution is 5.61. The predicted molar refractivity (Wildman–Crippen MR) is 30.7 cm³/mol. The maximum Gasteiger partial charge on any atom is 0.413 e. The third-order valence-corrected chi connectivity index (χ3v) is 1.53. The van der Waals surface area contributed by atoms with Crippen LogP contribution >= 0.6 is 0 Å². The zero-order chi connectivity index (χ0) is 7.83. The highest BCUT2D eigenvalue weighted by Gasteiger charge is 2.52. The molecule has 0 fully saturated rings. The Morgan fingerprint density at radius 2 is 2.20 bits per heavy atom. The van der Waals surface area contributed by atoms with Crippen LogP contribution < -0.4 is 5.43 Å². The maximum atomic E-state index is 12.0. The summed E-state index contributed by atoms with van der Waals surface area (Å²) in [7, 11) is 0. The second-order valence-corrected chi connectivity index (χ2v) is 2.46. The van der Waals surface area contributed by atoms with Gasteiger partial charge in [-0.15, -0.1) is 0 Å². The topological polar surface area (TPSA) is 24.4 Å². The van der Waals surface area contributed by atoms with Crippen LogP contribution in [-0.2, 0) is 0 Å². The number of nitrogens with zero attached hydrogens (tertiary/aromatic N) is 1. The van der Waals surface area contributed by atoms with E-state index in [0.29, 0.717) is 0 Å². The van der Waals surface area contributed by atoms with Gasteiger partial charge in [-0.2, -0.15) is 18.3 Å². The van der Waals surface area contributed by atoms with E-state index in [9.17, 15) is 13.2 Å². The Kier molecular flexibility index (Phi) is 1.38. The zero-order valence-electron chi connectivity index (χ0n) is 5.37. The lowest BCUT2D eigenvalue weighted by Gasteiger charge is -2.25. The van der Waals surface area contributed by atoms with E-state index >= 15 is 0 Å². The van der Waals surface area contributed by atoms with Gasteiger partial charge < -0.3 is 0 Å². The van der Waals surface area contributed by atoms with Crippen LogP contribution in [0.15, 0.2) is 5.10 Å². The van der Waals surface area contributed by atoms with Crippen molar-refractivity contribution in [3.8, 4) is 0 Å². The van der Waals surface area contributed by atoms with E-state index < -0.39 is 11.7 Å². The molecule has 1 N–H and O–H groups in total. The second-order valence-electron chi connectivity index (χ2n) is 2.46. The smallest absolute Gasteiger partial charge is 0.295 e. The van der Waals surface area contributed by atoms with E-state index in [4.69, 9.17) is 0 Å². The first-order valence-corrected chi connectivity index (χ1v) is 2.81. The number of nitrogens with one attached hydrogen (secondary N) is 1. The molecule has 1 aliphatic rings. The third-order valence-electron chi connectivity index (χ3n) is 1.53. The van der Waals surface area contributed by atoms with Crippen LogP contribution in [0.1, 0.15) is 13.3 Å². The van der Waals surface area contributed by atoms with E-state index in [1.165, 1.54) is 6.21 Å². The quantitative estimate of drug-likeness (QED) is 0.555. The van der Waals surface area contributed by atoms with E-state index in [2.05, 4.69) is 5.10 Å². The van der Waals surface area contributed by atoms with E-state index in [0.717, 1.165) is 6.92 Å². The summed E-state index contributed by atoms with van der Waals surface area (Å²) in [6.45, 7) is 1.08. The van der Waals surface area contributed by atoms with Gasteiger partial charge in [-0.3, -0.25) is 5.43 Å². The Hall–Kier alpha value is -0.740. The molecule has 0 aromatic carbocycles. The summed E-state index contributed by atoms with van der Waals surface area (Å²) in [4.78, 5) is 0. The van der Waals surface area contributed by atoms with Crippen molar-refractivity contribution in [1.82, 2.24) is 5.43 Å². The minimum atomic E-state index is -4.22. The second kappa shape index (κ2) is 1.87. The van der Waals surface area contributed by atoms with Gasteiger partial charge in [-0.1, -0.05) is 0 Å². The first-order valence-electron chi connectivity index (χ1n) is 2.81. The molecule has 0 saturated carbocycles. The SMILES string of the molecule is CC1(C(F)(F)F)CC=NN1. The number of alkyl halides is 3. The fraction of sp³-hybridized carbons (Fsp3) is 0.800. The maximum absolute atomic E-state index is 12.0. The molecule has 2 nitrogen and oxygen atoms in total. The summed E-state index contributed by atoms with van der Waals surface area (Å²) in [6.07, 6.45) is -3.08. The summed E-state index contributed by atoms with van der Waals surface area (Å²) < 4.78 is 36.0. The third kappa shape index (κ3) is 0.955. The molecule has 1 atom stereocenters. The van der Waals surface area contributed by atoms with Gasteiger partial charge in [-0.25, -0.2) is 0 Å². The molecule has 1 rings (SSSR count). The normalized spacial score (nSPS) is 32.4. The molecule has 10 heavy (non-hydrogen) atoms. The van der Waals surface area contributed by atoms with Crippen molar-refractivity contribution in [2.75, 3.05) is 0 Å². The average Bonchev–Trinajstić information content (AvgIpc) is 2.13. The highest BCUT2D eigenvalue weighted by Crippen LogP contribution is 2.33. The Bertz CT molecular complexity index is 153. The fourth-order valence-electron chi connectivity index (χ4n) is 0.641. The molecule has 0 bridgehead atoms. The van der Waals surface area contributed by atoms with E-state index in [1.807, 2.05) is 5.43 Å². The van der Waals surface area contributed by atoms with Gasteiger partial charge in [0.2, 0.25) is 0 Å². The number of hydrogen-bond acceptors (Lipinski definition) is 2. The minimum Gasteiger partial charge on any atom is -0.295 e. The molecule has 0 saturated heterocycles. The van der Waals surface area contributed by atoms with Gasteiger partial charge >= 0.3 is 6.18 Å². The van der Waals surface area contributed by atoms with Gasteiger partial charge in [0.1, 0.15) is 0 Å².